The molecule has 0 fully saturated rings. The average molecular weight is 252 g/mol. The molecule has 0 spiro atoms. The van der Waals surface area contributed by atoms with Crippen LogP contribution in [0.1, 0.15) is 48.0 Å². The van der Waals surface area contributed by atoms with Gasteiger partial charge >= 0.3 is 5.97 Å². The quantitative estimate of drug-likeness (QED) is 0.813. The first-order valence-corrected chi connectivity index (χ1v) is 7.20. The van der Waals surface area contributed by atoms with Gasteiger partial charge in [-0.2, -0.15) is 0 Å². The number of aliphatic carboxylic acids is 1. The molecular weight excluding hydrogens is 224 g/mol. The molecule has 3 unspecified atom stereocenters. The minimum Gasteiger partial charge on any atom is -0.478 e. The molecule has 104 valence electrons. The van der Waals surface area contributed by atoms with E-state index in [1.54, 1.807) is 0 Å². The van der Waals surface area contributed by atoms with Crippen LogP contribution in [0, 0.1) is 35.5 Å². The van der Waals surface area contributed by atoms with Gasteiger partial charge in [-0.3, -0.25) is 0 Å². The van der Waals surface area contributed by atoms with Crippen LogP contribution in [0.15, 0.2) is 11.6 Å². The summed E-state index contributed by atoms with van der Waals surface area (Å²) >= 11 is 0. The largest absolute Gasteiger partial charge is 0.478 e. The second kappa shape index (κ2) is 5.90. The fraction of sp³-hybridized carbons (Fsp3) is 0.812. The van der Waals surface area contributed by atoms with Crippen LogP contribution in [0.2, 0.25) is 0 Å². The van der Waals surface area contributed by atoms with E-state index in [1.807, 2.05) is 6.08 Å². The predicted molar refractivity (Wildman–Crippen MR) is 75.3 cm³/mol. The van der Waals surface area contributed by atoms with E-state index in [-0.39, 0.29) is 5.92 Å². The molecule has 0 aromatic carbocycles. The highest BCUT2D eigenvalue weighted by molar-refractivity contribution is 5.87. The number of allylic oxidation sites excluding steroid dienone is 1. The fourth-order valence-electron chi connectivity index (χ4n) is 3.69. The predicted octanol–water partition coefficient (Wildman–Crippen LogP) is 4.22. The van der Waals surface area contributed by atoms with E-state index < -0.39 is 5.97 Å². The maximum atomic E-state index is 11.4. The zero-order chi connectivity index (χ0) is 14.0. The summed E-state index contributed by atoms with van der Waals surface area (Å²) in [5.41, 5.74) is 0.653. The van der Waals surface area contributed by atoms with E-state index in [2.05, 4.69) is 41.5 Å². The fourth-order valence-corrected chi connectivity index (χ4v) is 3.69. The summed E-state index contributed by atoms with van der Waals surface area (Å²) in [5.74, 6) is 2.12. The highest BCUT2D eigenvalue weighted by atomic mass is 16.4. The molecule has 0 saturated carbocycles. The van der Waals surface area contributed by atoms with Crippen molar-refractivity contribution in [1.82, 2.24) is 0 Å². The van der Waals surface area contributed by atoms with Crippen molar-refractivity contribution >= 4 is 5.97 Å². The lowest BCUT2D eigenvalue weighted by molar-refractivity contribution is -0.134. The average Bonchev–Trinajstić information content (AvgIpc) is 2.26. The summed E-state index contributed by atoms with van der Waals surface area (Å²) in [4.78, 5) is 11.4. The first kappa shape index (κ1) is 15.3. The molecule has 1 N–H and O–H groups in total. The van der Waals surface area contributed by atoms with Gasteiger partial charge in [0.1, 0.15) is 0 Å². The number of hydrogen-bond acceptors (Lipinski definition) is 1. The smallest absolute Gasteiger partial charge is 0.331 e. The van der Waals surface area contributed by atoms with Crippen LogP contribution < -0.4 is 0 Å². The molecular formula is C16H28O2. The van der Waals surface area contributed by atoms with Crippen molar-refractivity contribution in [2.75, 3.05) is 0 Å². The monoisotopic (exact) mass is 252 g/mol. The highest BCUT2D eigenvalue weighted by Crippen LogP contribution is 2.45. The molecule has 0 heterocycles. The van der Waals surface area contributed by atoms with E-state index in [9.17, 15) is 9.90 Å². The second-order valence-corrected chi connectivity index (χ2v) is 6.70. The normalized spacial score (nSPS) is 28.9. The Bertz CT molecular complexity index is 326. The number of hydrogen-bond donors (Lipinski definition) is 1. The van der Waals surface area contributed by atoms with Gasteiger partial charge in [0.2, 0.25) is 0 Å². The molecule has 0 amide bonds. The van der Waals surface area contributed by atoms with Crippen LogP contribution in [0.3, 0.4) is 0 Å². The van der Waals surface area contributed by atoms with Gasteiger partial charge in [0.05, 0.1) is 0 Å². The lowest BCUT2D eigenvalue weighted by atomic mass is 9.61. The standard InChI is InChI=1S/C16H28O2/c1-9(2)12-7-8-13(16(17)18)15(11(5)6)14(12)10(3)4/h8-12,14-15H,7H2,1-6H3,(H,17,18). The van der Waals surface area contributed by atoms with Crippen LogP contribution in [0.4, 0.5) is 0 Å². The molecule has 3 atom stereocenters. The Morgan fingerprint density at radius 3 is 2.00 bits per heavy atom. The number of carboxylic acids is 1. The minimum atomic E-state index is -0.721. The molecule has 0 radical (unpaired) electrons. The van der Waals surface area contributed by atoms with E-state index in [0.29, 0.717) is 35.2 Å². The van der Waals surface area contributed by atoms with E-state index in [0.717, 1.165) is 6.42 Å². The van der Waals surface area contributed by atoms with Gasteiger partial charge in [-0.25, -0.2) is 4.79 Å². The summed E-state index contributed by atoms with van der Waals surface area (Å²) in [6.07, 6.45) is 2.90. The van der Waals surface area contributed by atoms with E-state index >= 15 is 0 Å². The first-order valence-electron chi connectivity index (χ1n) is 7.20. The molecule has 2 nitrogen and oxygen atoms in total. The van der Waals surface area contributed by atoms with Crippen molar-refractivity contribution in [2.45, 2.75) is 48.0 Å². The Balaban J connectivity index is 3.18. The highest BCUT2D eigenvalue weighted by Gasteiger charge is 2.41. The molecule has 0 saturated heterocycles. The summed E-state index contributed by atoms with van der Waals surface area (Å²) in [5, 5.41) is 9.41. The Kier molecular flexibility index (Phi) is 5.01. The van der Waals surface area contributed by atoms with Crippen molar-refractivity contribution in [3.05, 3.63) is 11.6 Å². The maximum absolute atomic E-state index is 11.4. The number of rotatable bonds is 4. The topological polar surface area (TPSA) is 37.3 Å². The molecule has 0 aliphatic heterocycles. The summed E-state index contributed by atoms with van der Waals surface area (Å²) < 4.78 is 0. The third-order valence-electron chi connectivity index (χ3n) is 4.47. The van der Waals surface area contributed by atoms with Gasteiger partial charge in [0.25, 0.3) is 0 Å². The summed E-state index contributed by atoms with van der Waals surface area (Å²) in [7, 11) is 0. The molecule has 2 heteroatoms. The van der Waals surface area contributed by atoms with Crippen molar-refractivity contribution in [3.63, 3.8) is 0 Å². The van der Waals surface area contributed by atoms with Crippen LogP contribution in [-0.4, -0.2) is 11.1 Å². The summed E-state index contributed by atoms with van der Waals surface area (Å²) in [6, 6.07) is 0. The Labute approximate surface area is 111 Å². The van der Waals surface area contributed by atoms with Crippen LogP contribution in [0.25, 0.3) is 0 Å². The first-order chi connectivity index (χ1) is 8.27. The summed E-state index contributed by atoms with van der Waals surface area (Å²) in [6.45, 7) is 13.3. The van der Waals surface area contributed by atoms with Gasteiger partial charge in [0, 0.05) is 5.57 Å². The van der Waals surface area contributed by atoms with Crippen LogP contribution in [0.5, 0.6) is 0 Å². The third kappa shape index (κ3) is 2.96. The number of carboxylic acid groups (broad SMARTS) is 1. The third-order valence-corrected chi connectivity index (χ3v) is 4.47. The molecule has 0 bridgehead atoms. The zero-order valence-corrected chi connectivity index (χ0v) is 12.6. The van der Waals surface area contributed by atoms with Gasteiger partial charge in [-0.1, -0.05) is 47.6 Å². The van der Waals surface area contributed by atoms with Crippen molar-refractivity contribution in [2.24, 2.45) is 35.5 Å². The second-order valence-electron chi connectivity index (χ2n) is 6.70. The van der Waals surface area contributed by atoms with Crippen molar-refractivity contribution < 1.29 is 9.90 Å². The lowest BCUT2D eigenvalue weighted by Gasteiger charge is -2.43. The van der Waals surface area contributed by atoms with Gasteiger partial charge < -0.3 is 5.11 Å². The van der Waals surface area contributed by atoms with Crippen LogP contribution in [-0.2, 0) is 4.79 Å². The van der Waals surface area contributed by atoms with E-state index in [4.69, 9.17) is 0 Å². The zero-order valence-electron chi connectivity index (χ0n) is 12.6. The molecule has 0 aromatic rings. The van der Waals surface area contributed by atoms with Crippen LogP contribution >= 0.6 is 0 Å². The van der Waals surface area contributed by atoms with Gasteiger partial charge in [-0.15, -0.1) is 0 Å². The lowest BCUT2D eigenvalue weighted by Crippen LogP contribution is -2.39. The Hall–Kier alpha value is -0.790. The van der Waals surface area contributed by atoms with Crippen molar-refractivity contribution in [1.29, 1.82) is 0 Å². The van der Waals surface area contributed by atoms with E-state index in [1.165, 1.54) is 0 Å². The molecule has 18 heavy (non-hydrogen) atoms. The van der Waals surface area contributed by atoms with Gasteiger partial charge in [0.15, 0.2) is 0 Å². The van der Waals surface area contributed by atoms with Gasteiger partial charge in [-0.05, 0) is 41.9 Å². The van der Waals surface area contributed by atoms with Crippen molar-refractivity contribution in [3.8, 4) is 0 Å². The molecule has 1 aliphatic carbocycles. The number of carbonyl (C=O) groups is 1. The Morgan fingerprint density at radius 2 is 1.67 bits per heavy atom. The Morgan fingerprint density at radius 1 is 1.11 bits per heavy atom. The minimum absolute atomic E-state index is 0.198. The molecule has 0 aromatic heterocycles. The maximum Gasteiger partial charge on any atom is 0.331 e. The molecule has 1 aliphatic rings. The molecule has 1 rings (SSSR count). The SMILES string of the molecule is CC(C)C1CC=C(C(=O)O)C(C(C)C)C1C(C)C.